The van der Waals surface area contributed by atoms with Crippen LogP contribution in [0.25, 0.3) is 0 Å². The number of nitrogens with zero attached hydrogens (tertiary/aromatic N) is 2. The summed E-state index contributed by atoms with van der Waals surface area (Å²) in [7, 11) is 0. The highest BCUT2D eigenvalue weighted by atomic mass is 16.5. The van der Waals surface area contributed by atoms with Gasteiger partial charge in [0.15, 0.2) is 0 Å². The summed E-state index contributed by atoms with van der Waals surface area (Å²) in [5, 5.41) is 0. The van der Waals surface area contributed by atoms with Crippen LogP contribution in [-0.4, -0.2) is 16.6 Å². The highest BCUT2D eigenvalue weighted by molar-refractivity contribution is 5.46. The number of nitrogens with two attached hydrogens (primary N) is 1. The van der Waals surface area contributed by atoms with Crippen molar-refractivity contribution in [3.05, 3.63) is 47.4 Å². The molecule has 0 unspecified atom stereocenters. The van der Waals surface area contributed by atoms with Crippen molar-refractivity contribution in [3.8, 4) is 5.88 Å². The van der Waals surface area contributed by atoms with Crippen molar-refractivity contribution in [1.29, 1.82) is 0 Å². The van der Waals surface area contributed by atoms with Crippen molar-refractivity contribution in [2.75, 3.05) is 12.3 Å². The molecule has 0 saturated carbocycles. The van der Waals surface area contributed by atoms with Gasteiger partial charge in [0.2, 0.25) is 5.88 Å². The van der Waals surface area contributed by atoms with Gasteiger partial charge in [0.05, 0.1) is 6.61 Å². The van der Waals surface area contributed by atoms with E-state index in [9.17, 15) is 0 Å². The van der Waals surface area contributed by atoms with Gasteiger partial charge in [-0.1, -0.05) is 25.1 Å². The molecule has 1 aromatic heterocycles. The zero-order valence-corrected chi connectivity index (χ0v) is 11.4. The van der Waals surface area contributed by atoms with Crippen LogP contribution in [0.4, 0.5) is 5.69 Å². The average Bonchev–Trinajstić information content (AvgIpc) is 2.40. The fourth-order valence-corrected chi connectivity index (χ4v) is 1.88. The number of rotatable bonds is 5. The predicted molar refractivity (Wildman–Crippen MR) is 76.2 cm³/mol. The first-order valence-electron chi connectivity index (χ1n) is 6.49. The molecule has 0 spiro atoms. The van der Waals surface area contributed by atoms with E-state index in [1.165, 1.54) is 0 Å². The van der Waals surface area contributed by atoms with Gasteiger partial charge in [0.1, 0.15) is 5.82 Å². The van der Waals surface area contributed by atoms with E-state index in [0.29, 0.717) is 12.5 Å². The Balaban J connectivity index is 1.96. The molecule has 0 atom stereocenters. The first-order chi connectivity index (χ1) is 9.19. The van der Waals surface area contributed by atoms with E-state index in [2.05, 4.69) is 16.9 Å². The quantitative estimate of drug-likeness (QED) is 0.836. The summed E-state index contributed by atoms with van der Waals surface area (Å²) in [6.07, 6.45) is 1.66. The lowest BCUT2D eigenvalue weighted by Gasteiger charge is -2.08. The molecule has 1 heterocycles. The molecule has 0 bridgehead atoms. The molecule has 0 radical (unpaired) electrons. The minimum absolute atomic E-state index is 0.563. The monoisotopic (exact) mass is 257 g/mol. The third kappa shape index (κ3) is 3.68. The van der Waals surface area contributed by atoms with Gasteiger partial charge >= 0.3 is 0 Å². The molecule has 0 saturated heterocycles. The normalized spacial score (nSPS) is 10.4. The van der Waals surface area contributed by atoms with Crippen LogP contribution in [0.1, 0.15) is 24.0 Å². The van der Waals surface area contributed by atoms with E-state index in [0.717, 1.165) is 35.6 Å². The molecule has 2 N–H and O–H groups in total. The molecular weight excluding hydrogens is 238 g/mol. The summed E-state index contributed by atoms with van der Waals surface area (Å²) < 4.78 is 5.68. The van der Waals surface area contributed by atoms with Crippen LogP contribution in [0.5, 0.6) is 5.88 Å². The number of aromatic nitrogens is 2. The standard InChI is InChI=1S/C15H19N3O/c1-3-13-10-15(18-11(2)17-13)19-9-8-12-6-4-5-7-14(12)16/h4-7,10H,3,8-9,16H2,1-2H3. The number of nitrogen functional groups attached to an aromatic ring is 1. The van der Waals surface area contributed by atoms with Crippen LogP contribution in [0.15, 0.2) is 30.3 Å². The van der Waals surface area contributed by atoms with Crippen molar-refractivity contribution in [1.82, 2.24) is 9.97 Å². The Hall–Kier alpha value is -2.10. The second kappa shape index (κ2) is 6.18. The Labute approximate surface area is 113 Å². The summed E-state index contributed by atoms with van der Waals surface area (Å²) in [6.45, 7) is 4.51. The number of benzene rings is 1. The molecule has 0 aliphatic rings. The van der Waals surface area contributed by atoms with Gasteiger partial charge in [0.25, 0.3) is 0 Å². The van der Waals surface area contributed by atoms with Crippen LogP contribution >= 0.6 is 0 Å². The fourth-order valence-electron chi connectivity index (χ4n) is 1.88. The molecule has 0 amide bonds. The van der Waals surface area contributed by atoms with Gasteiger partial charge in [-0.15, -0.1) is 0 Å². The lowest BCUT2D eigenvalue weighted by Crippen LogP contribution is -2.06. The molecule has 4 nitrogen and oxygen atoms in total. The van der Waals surface area contributed by atoms with Crippen LogP contribution < -0.4 is 10.5 Å². The highest BCUT2D eigenvalue weighted by Crippen LogP contribution is 2.13. The zero-order chi connectivity index (χ0) is 13.7. The molecule has 0 aliphatic carbocycles. The summed E-state index contributed by atoms with van der Waals surface area (Å²) in [5.74, 6) is 1.38. The molecule has 0 aliphatic heterocycles. The molecule has 100 valence electrons. The van der Waals surface area contributed by atoms with Crippen molar-refractivity contribution in [3.63, 3.8) is 0 Å². The summed E-state index contributed by atoms with van der Waals surface area (Å²) in [6, 6.07) is 9.72. The topological polar surface area (TPSA) is 61.0 Å². The van der Waals surface area contributed by atoms with Gasteiger partial charge in [0, 0.05) is 23.9 Å². The Morgan fingerprint density at radius 1 is 1.21 bits per heavy atom. The molecule has 4 heteroatoms. The van der Waals surface area contributed by atoms with Crippen LogP contribution in [-0.2, 0) is 12.8 Å². The van der Waals surface area contributed by atoms with Gasteiger partial charge < -0.3 is 10.5 Å². The lowest BCUT2D eigenvalue weighted by molar-refractivity contribution is 0.308. The van der Waals surface area contributed by atoms with Crippen molar-refractivity contribution < 1.29 is 4.74 Å². The SMILES string of the molecule is CCc1cc(OCCc2ccccc2N)nc(C)n1. The third-order valence-electron chi connectivity index (χ3n) is 2.91. The molecule has 2 rings (SSSR count). The number of anilines is 1. The van der Waals surface area contributed by atoms with E-state index < -0.39 is 0 Å². The maximum absolute atomic E-state index is 5.89. The third-order valence-corrected chi connectivity index (χ3v) is 2.91. The molecule has 1 aromatic carbocycles. The van der Waals surface area contributed by atoms with Crippen molar-refractivity contribution in [2.24, 2.45) is 0 Å². The van der Waals surface area contributed by atoms with Crippen LogP contribution in [0.2, 0.25) is 0 Å². The smallest absolute Gasteiger partial charge is 0.216 e. The summed E-state index contributed by atoms with van der Waals surface area (Å²) in [5.41, 5.74) is 8.80. The minimum Gasteiger partial charge on any atom is -0.477 e. The lowest BCUT2D eigenvalue weighted by atomic mass is 10.1. The van der Waals surface area contributed by atoms with E-state index in [1.54, 1.807) is 0 Å². The van der Waals surface area contributed by atoms with Crippen molar-refractivity contribution in [2.45, 2.75) is 26.7 Å². The molecule has 2 aromatic rings. The predicted octanol–water partition coefficient (Wildman–Crippen LogP) is 2.55. The van der Waals surface area contributed by atoms with E-state index >= 15 is 0 Å². The van der Waals surface area contributed by atoms with E-state index in [4.69, 9.17) is 10.5 Å². The van der Waals surface area contributed by atoms with E-state index in [-0.39, 0.29) is 0 Å². The van der Waals surface area contributed by atoms with Gasteiger partial charge in [-0.25, -0.2) is 4.98 Å². The number of para-hydroxylation sites is 1. The Morgan fingerprint density at radius 2 is 2.00 bits per heavy atom. The maximum Gasteiger partial charge on any atom is 0.216 e. The molecule has 19 heavy (non-hydrogen) atoms. The second-order valence-corrected chi connectivity index (χ2v) is 4.40. The average molecular weight is 257 g/mol. The number of aryl methyl sites for hydroxylation is 2. The Kier molecular flexibility index (Phi) is 4.34. The van der Waals surface area contributed by atoms with Gasteiger partial charge in [-0.05, 0) is 25.0 Å². The fraction of sp³-hybridized carbons (Fsp3) is 0.333. The molecule has 0 fully saturated rings. The van der Waals surface area contributed by atoms with Crippen LogP contribution in [0, 0.1) is 6.92 Å². The Bertz CT molecular complexity index is 555. The molecular formula is C15H19N3O. The number of hydrogen-bond donors (Lipinski definition) is 1. The van der Waals surface area contributed by atoms with Crippen LogP contribution in [0.3, 0.4) is 0 Å². The zero-order valence-electron chi connectivity index (χ0n) is 11.4. The number of ether oxygens (including phenoxy) is 1. The summed E-state index contributed by atoms with van der Waals surface area (Å²) >= 11 is 0. The van der Waals surface area contributed by atoms with Crippen molar-refractivity contribution >= 4 is 5.69 Å². The maximum atomic E-state index is 5.89. The summed E-state index contributed by atoms with van der Waals surface area (Å²) in [4.78, 5) is 8.59. The Morgan fingerprint density at radius 3 is 2.74 bits per heavy atom. The first-order valence-corrected chi connectivity index (χ1v) is 6.49. The van der Waals surface area contributed by atoms with Gasteiger partial charge in [-0.2, -0.15) is 4.98 Å². The largest absolute Gasteiger partial charge is 0.477 e. The number of hydrogen-bond acceptors (Lipinski definition) is 4. The van der Waals surface area contributed by atoms with Gasteiger partial charge in [-0.3, -0.25) is 0 Å². The second-order valence-electron chi connectivity index (χ2n) is 4.40. The minimum atomic E-state index is 0.563. The first kappa shape index (κ1) is 13.3. The van der Waals surface area contributed by atoms with E-state index in [1.807, 2.05) is 37.3 Å². The highest BCUT2D eigenvalue weighted by Gasteiger charge is 2.03.